The molecule has 1 N–H and O–H groups in total. The van der Waals surface area contributed by atoms with Crippen LogP contribution in [-0.2, 0) is 32.4 Å². The van der Waals surface area contributed by atoms with Crippen LogP contribution < -0.4 is 11.2 Å². The van der Waals surface area contributed by atoms with Gasteiger partial charge in [-0.2, -0.15) is 0 Å². The summed E-state index contributed by atoms with van der Waals surface area (Å²) in [5, 5.41) is 0. The number of alkyl halides is 1. The van der Waals surface area contributed by atoms with Gasteiger partial charge >= 0.3 is 19.5 Å². The van der Waals surface area contributed by atoms with Crippen molar-refractivity contribution in [1.29, 1.82) is 0 Å². The van der Waals surface area contributed by atoms with Gasteiger partial charge in [0.05, 0.1) is 19.1 Å². The molecule has 13 heteroatoms. The molecule has 0 bridgehead atoms. The molecule has 2 fully saturated rings. The van der Waals surface area contributed by atoms with Gasteiger partial charge < -0.3 is 9.47 Å². The fourth-order valence-electron chi connectivity index (χ4n) is 3.87. The van der Waals surface area contributed by atoms with Crippen molar-refractivity contribution in [3.63, 3.8) is 0 Å². The first kappa shape index (κ1) is 27.1. The number of nitrogens with one attached hydrogen (secondary N) is 1. The molecule has 4 atom stereocenters. The van der Waals surface area contributed by atoms with E-state index in [0.29, 0.717) is 19.3 Å². The molecular weight excluding hydrogens is 491 g/mol. The Morgan fingerprint density at radius 3 is 2.76 bits per heavy atom. The summed E-state index contributed by atoms with van der Waals surface area (Å²) in [6, 6.07) is 1.22. The molecule has 1 aromatic heterocycles. The molecule has 2 aliphatic rings. The molecule has 1 aromatic rings. The number of halogens is 1. The van der Waals surface area contributed by atoms with E-state index in [-0.39, 0.29) is 37.6 Å². The molecule has 192 valence electrons. The maximum absolute atomic E-state index is 12.8. The minimum atomic E-state index is -3.85. The Hall–Kier alpha value is -1.49. The van der Waals surface area contributed by atoms with Crippen molar-refractivity contribution in [2.24, 2.45) is 0 Å². The van der Waals surface area contributed by atoms with E-state index in [1.807, 2.05) is 0 Å². The third kappa shape index (κ3) is 7.76. The quantitative estimate of drug-likeness (QED) is 0.190. The number of phosphoric acid groups is 1. The highest BCUT2D eigenvalue weighted by Crippen LogP contribution is 2.54. The summed E-state index contributed by atoms with van der Waals surface area (Å²) in [6.07, 6.45) is 4.92. The fraction of sp³-hybridized carbons (Fsp3) is 0.762. The number of hydrogen-bond donors (Lipinski definition) is 1. The first-order valence-electron chi connectivity index (χ1n) is 11.6. The summed E-state index contributed by atoms with van der Waals surface area (Å²) in [6.45, 7) is 1.77. The molecule has 0 amide bonds. The van der Waals surface area contributed by atoms with Gasteiger partial charge in [-0.05, 0) is 44.9 Å². The summed E-state index contributed by atoms with van der Waals surface area (Å²) >= 11 is 6.01. The van der Waals surface area contributed by atoms with Gasteiger partial charge in [-0.1, -0.05) is 6.92 Å². The first-order valence-corrected chi connectivity index (χ1v) is 13.6. The van der Waals surface area contributed by atoms with Crippen LogP contribution in [0.15, 0.2) is 21.9 Å². The average Bonchev–Trinajstić information content (AvgIpc) is 3.31. The van der Waals surface area contributed by atoms with E-state index in [1.165, 1.54) is 16.8 Å². The smallest absolute Gasteiger partial charge is 0.462 e. The molecule has 1 aliphatic heterocycles. The van der Waals surface area contributed by atoms with Crippen molar-refractivity contribution in [2.45, 2.75) is 82.8 Å². The van der Waals surface area contributed by atoms with Crippen molar-refractivity contribution < 1.29 is 32.4 Å². The van der Waals surface area contributed by atoms with Crippen LogP contribution >= 0.6 is 19.4 Å². The van der Waals surface area contributed by atoms with E-state index >= 15 is 0 Å². The standard InChI is InChI=1S/C21H32ClN2O9P/c1-2-19(24-11-10-18(25)23-21(24)27)32-17-14-30-34(28,33-16(17)13-22)29-12-6-5-9-20(26)31-15-7-3-4-8-15/h10-11,15-17,19H,2-9,12-14H2,1H3,(H,23,25,27)/t16-,17?,19+,34-/m0/s1. The highest BCUT2D eigenvalue weighted by atomic mass is 35.5. The summed E-state index contributed by atoms with van der Waals surface area (Å²) in [4.78, 5) is 37.4. The number of aromatic nitrogens is 2. The topological polar surface area (TPSA) is 135 Å². The Labute approximate surface area is 202 Å². The predicted molar refractivity (Wildman–Crippen MR) is 123 cm³/mol. The third-order valence-electron chi connectivity index (χ3n) is 5.70. The second-order valence-corrected chi connectivity index (χ2v) is 10.2. The summed E-state index contributed by atoms with van der Waals surface area (Å²) in [5.41, 5.74) is -1.12. The molecule has 1 aliphatic carbocycles. The number of rotatable bonds is 12. The number of carbonyl (C=O) groups excluding carboxylic acids is 1. The monoisotopic (exact) mass is 522 g/mol. The molecule has 2 heterocycles. The van der Waals surface area contributed by atoms with Crippen molar-refractivity contribution in [1.82, 2.24) is 9.55 Å². The number of unbranched alkanes of at least 4 members (excludes halogenated alkanes) is 1. The van der Waals surface area contributed by atoms with E-state index in [9.17, 15) is 18.9 Å². The van der Waals surface area contributed by atoms with Gasteiger partial charge in [0, 0.05) is 18.7 Å². The van der Waals surface area contributed by atoms with E-state index in [4.69, 9.17) is 34.6 Å². The lowest BCUT2D eigenvalue weighted by Gasteiger charge is -2.36. The Kier molecular flexibility index (Phi) is 10.4. The highest BCUT2D eigenvalue weighted by molar-refractivity contribution is 7.48. The van der Waals surface area contributed by atoms with Gasteiger partial charge in [-0.25, -0.2) is 9.36 Å². The van der Waals surface area contributed by atoms with E-state index in [1.54, 1.807) is 6.92 Å². The molecular formula is C21H32ClN2O9P. The second kappa shape index (κ2) is 13.0. The molecule has 0 aromatic carbocycles. The first-order chi connectivity index (χ1) is 16.3. The largest absolute Gasteiger partial charge is 0.475 e. The lowest BCUT2D eigenvalue weighted by Crippen LogP contribution is -2.43. The predicted octanol–water partition coefficient (Wildman–Crippen LogP) is 3.27. The third-order valence-corrected chi connectivity index (χ3v) is 7.49. The molecule has 0 spiro atoms. The Bertz CT molecular complexity index is 962. The van der Waals surface area contributed by atoms with Crippen LogP contribution in [0.4, 0.5) is 0 Å². The van der Waals surface area contributed by atoms with Gasteiger partial charge in [0.15, 0.2) is 0 Å². The zero-order valence-electron chi connectivity index (χ0n) is 19.2. The highest BCUT2D eigenvalue weighted by Gasteiger charge is 2.42. The van der Waals surface area contributed by atoms with Crippen molar-refractivity contribution >= 4 is 25.4 Å². The molecule has 3 rings (SSSR count). The van der Waals surface area contributed by atoms with Gasteiger partial charge in [-0.3, -0.25) is 32.7 Å². The van der Waals surface area contributed by atoms with E-state index in [0.717, 1.165) is 25.7 Å². The number of carbonyl (C=O) groups is 1. The van der Waals surface area contributed by atoms with E-state index in [2.05, 4.69) is 4.98 Å². The van der Waals surface area contributed by atoms with Crippen molar-refractivity contribution in [3.8, 4) is 0 Å². The molecule has 1 saturated heterocycles. The zero-order valence-corrected chi connectivity index (χ0v) is 20.8. The number of hydrogen-bond acceptors (Lipinski definition) is 9. The minimum Gasteiger partial charge on any atom is -0.462 e. The van der Waals surface area contributed by atoms with Crippen LogP contribution in [0.25, 0.3) is 0 Å². The van der Waals surface area contributed by atoms with Gasteiger partial charge in [-0.15, -0.1) is 11.6 Å². The number of H-pyrrole nitrogens is 1. The Morgan fingerprint density at radius 1 is 1.32 bits per heavy atom. The maximum Gasteiger partial charge on any atom is 0.475 e. The molecule has 0 radical (unpaired) electrons. The van der Waals surface area contributed by atoms with Gasteiger partial charge in [0.1, 0.15) is 24.5 Å². The van der Waals surface area contributed by atoms with Crippen LogP contribution in [0, 0.1) is 0 Å². The SMILES string of the molecule is CC[C@@H](OC1CO[P@](=O)(OCCCCC(=O)OC2CCCC2)O[C@H]1CCl)n1ccc(=O)[nH]c1=O. The van der Waals surface area contributed by atoms with Crippen LogP contribution in [0.3, 0.4) is 0 Å². The van der Waals surface area contributed by atoms with Gasteiger partial charge in [0.2, 0.25) is 0 Å². The lowest BCUT2D eigenvalue weighted by molar-refractivity contribution is -0.148. The second-order valence-electron chi connectivity index (χ2n) is 8.28. The molecule has 34 heavy (non-hydrogen) atoms. The number of ether oxygens (including phenoxy) is 2. The Balaban J connectivity index is 1.44. The minimum absolute atomic E-state index is 0.0364. The molecule has 1 saturated carbocycles. The number of aromatic amines is 1. The fourth-order valence-corrected chi connectivity index (χ4v) is 5.64. The number of nitrogens with zero attached hydrogens (tertiary/aromatic N) is 1. The van der Waals surface area contributed by atoms with Gasteiger partial charge in [0.25, 0.3) is 5.56 Å². The lowest BCUT2D eigenvalue weighted by atomic mass is 10.2. The van der Waals surface area contributed by atoms with E-state index < -0.39 is 37.5 Å². The van der Waals surface area contributed by atoms with Crippen LogP contribution in [0.2, 0.25) is 0 Å². The van der Waals surface area contributed by atoms with Crippen molar-refractivity contribution in [3.05, 3.63) is 33.1 Å². The molecule has 1 unspecified atom stereocenters. The van der Waals surface area contributed by atoms with Crippen molar-refractivity contribution in [2.75, 3.05) is 19.1 Å². The Morgan fingerprint density at radius 2 is 2.09 bits per heavy atom. The summed E-state index contributed by atoms with van der Waals surface area (Å²) in [7, 11) is -3.85. The van der Waals surface area contributed by atoms with Crippen LogP contribution in [-0.4, -0.2) is 52.9 Å². The number of esters is 1. The van der Waals surface area contributed by atoms with Crippen LogP contribution in [0.1, 0.15) is 64.5 Å². The normalized spacial score (nSPS) is 26.4. The number of phosphoric ester groups is 1. The molecule has 11 nitrogen and oxygen atoms in total. The maximum atomic E-state index is 12.8. The summed E-state index contributed by atoms with van der Waals surface area (Å²) in [5.74, 6) is -0.260. The zero-order chi connectivity index (χ0) is 24.6. The average molecular weight is 523 g/mol. The summed E-state index contributed by atoms with van der Waals surface area (Å²) < 4.78 is 41.6. The van der Waals surface area contributed by atoms with Crippen LogP contribution in [0.5, 0.6) is 0 Å².